The third-order valence-electron chi connectivity index (χ3n) is 5.60. The Morgan fingerprint density at radius 1 is 0.879 bits per heavy atom. The van der Waals surface area contributed by atoms with Gasteiger partial charge in [-0.3, -0.25) is 4.79 Å². The van der Waals surface area contributed by atoms with Gasteiger partial charge in [-0.05, 0) is 34.7 Å². The predicted molar refractivity (Wildman–Crippen MR) is 132 cm³/mol. The van der Waals surface area contributed by atoms with Crippen LogP contribution >= 0.6 is 0 Å². The van der Waals surface area contributed by atoms with Crippen LogP contribution in [0.15, 0.2) is 97.2 Å². The lowest BCUT2D eigenvalue weighted by Gasteiger charge is -2.10. The van der Waals surface area contributed by atoms with E-state index in [-0.39, 0.29) is 12.3 Å². The Balaban J connectivity index is 1.27. The van der Waals surface area contributed by atoms with Crippen molar-refractivity contribution in [3.8, 4) is 16.8 Å². The minimum Gasteiger partial charge on any atom is -0.397 e. The normalized spacial score (nSPS) is 10.9. The minimum atomic E-state index is -0.119. The Kier molecular flexibility index (Phi) is 5.55. The Labute approximate surface area is 191 Å². The highest BCUT2D eigenvalue weighted by molar-refractivity contribution is 5.95. The van der Waals surface area contributed by atoms with Crippen molar-refractivity contribution in [3.63, 3.8) is 0 Å². The summed E-state index contributed by atoms with van der Waals surface area (Å²) in [5.74, 6) is -0.119. The molecule has 0 aliphatic carbocycles. The molecule has 1 aromatic heterocycles. The zero-order valence-corrected chi connectivity index (χ0v) is 18.0. The molecule has 33 heavy (non-hydrogen) atoms. The molecule has 0 spiro atoms. The van der Waals surface area contributed by atoms with E-state index in [9.17, 15) is 4.79 Å². The minimum absolute atomic E-state index is 0.119. The molecule has 4 aromatic carbocycles. The summed E-state index contributed by atoms with van der Waals surface area (Å²) in [5, 5.41) is 13.7. The van der Waals surface area contributed by atoms with Crippen LogP contribution in [0.5, 0.6) is 0 Å². The van der Waals surface area contributed by atoms with E-state index in [1.807, 2.05) is 79.0 Å². The lowest BCUT2D eigenvalue weighted by Crippen LogP contribution is -2.13. The Bertz CT molecular complexity index is 1420. The van der Waals surface area contributed by atoms with E-state index in [0.717, 1.165) is 33.3 Å². The van der Waals surface area contributed by atoms with Crippen molar-refractivity contribution in [3.05, 3.63) is 103 Å². The molecule has 1 heterocycles. The number of benzene rings is 4. The first-order valence-electron chi connectivity index (χ1n) is 10.8. The van der Waals surface area contributed by atoms with Crippen molar-refractivity contribution in [2.24, 2.45) is 0 Å². The van der Waals surface area contributed by atoms with E-state index in [2.05, 4.69) is 33.8 Å². The van der Waals surface area contributed by atoms with Crippen molar-refractivity contribution in [1.29, 1.82) is 0 Å². The fourth-order valence-corrected chi connectivity index (χ4v) is 3.87. The standard InChI is InChI=1S/C27H23N5O/c28-24-15-13-21(19-7-2-1-3-8-19)17-25(24)29-27(33)16-14-22-18-32(31-30-22)26-12-6-10-20-9-4-5-11-23(20)26/h1-13,15,17-18H,14,16,28H2,(H,29,33). The molecule has 1 amide bonds. The molecule has 0 bridgehead atoms. The number of carbonyl (C=O) groups excluding carboxylic acids is 1. The van der Waals surface area contributed by atoms with Gasteiger partial charge in [0, 0.05) is 18.2 Å². The molecule has 5 rings (SSSR count). The van der Waals surface area contributed by atoms with E-state index < -0.39 is 0 Å². The summed E-state index contributed by atoms with van der Waals surface area (Å²) in [4.78, 5) is 12.6. The van der Waals surface area contributed by atoms with Crippen LogP contribution < -0.4 is 11.1 Å². The van der Waals surface area contributed by atoms with Gasteiger partial charge in [0.05, 0.1) is 29.0 Å². The average Bonchev–Trinajstić information content (AvgIpc) is 3.33. The Morgan fingerprint density at radius 3 is 2.55 bits per heavy atom. The molecule has 162 valence electrons. The number of nitrogen functional groups attached to an aromatic ring is 1. The summed E-state index contributed by atoms with van der Waals surface area (Å²) in [6.45, 7) is 0. The van der Waals surface area contributed by atoms with E-state index in [4.69, 9.17) is 5.73 Å². The fraction of sp³-hybridized carbons (Fsp3) is 0.0741. The van der Waals surface area contributed by atoms with Gasteiger partial charge in [0.2, 0.25) is 5.91 Å². The lowest BCUT2D eigenvalue weighted by atomic mass is 10.0. The molecule has 0 atom stereocenters. The number of amides is 1. The second kappa shape index (κ2) is 8.96. The maximum Gasteiger partial charge on any atom is 0.224 e. The molecular formula is C27H23N5O. The SMILES string of the molecule is Nc1ccc(-c2ccccc2)cc1NC(=O)CCc1cn(-c2cccc3ccccc23)nn1. The van der Waals surface area contributed by atoms with Gasteiger partial charge in [0.15, 0.2) is 0 Å². The monoisotopic (exact) mass is 433 g/mol. The highest BCUT2D eigenvalue weighted by atomic mass is 16.1. The molecule has 0 unspecified atom stereocenters. The number of rotatable bonds is 6. The van der Waals surface area contributed by atoms with Crippen molar-refractivity contribution in [2.75, 3.05) is 11.1 Å². The maximum absolute atomic E-state index is 12.6. The van der Waals surface area contributed by atoms with Gasteiger partial charge < -0.3 is 11.1 Å². The van der Waals surface area contributed by atoms with Crippen molar-refractivity contribution < 1.29 is 4.79 Å². The summed E-state index contributed by atoms with van der Waals surface area (Å²) in [6.07, 6.45) is 2.64. The molecule has 0 radical (unpaired) electrons. The van der Waals surface area contributed by atoms with Crippen LogP contribution in [0.25, 0.3) is 27.6 Å². The molecule has 0 saturated carbocycles. The van der Waals surface area contributed by atoms with E-state index in [1.165, 1.54) is 0 Å². The first-order valence-corrected chi connectivity index (χ1v) is 10.8. The fourth-order valence-electron chi connectivity index (χ4n) is 3.87. The van der Waals surface area contributed by atoms with Gasteiger partial charge in [-0.15, -0.1) is 5.10 Å². The number of nitrogens with two attached hydrogens (primary N) is 1. The summed E-state index contributed by atoms with van der Waals surface area (Å²) in [5.41, 5.74) is 11.0. The van der Waals surface area contributed by atoms with E-state index in [0.29, 0.717) is 17.8 Å². The molecule has 0 aliphatic heterocycles. The molecule has 0 aliphatic rings. The largest absolute Gasteiger partial charge is 0.397 e. The second-order valence-electron chi connectivity index (χ2n) is 7.87. The van der Waals surface area contributed by atoms with Crippen molar-refractivity contribution in [2.45, 2.75) is 12.8 Å². The summed E-state index contributed by atoms with van der Waals surface area (Å²) < 4.78 is 1.76. The zero-order chi connectivity index (χ0) is 22.6. The maximum atomic E-state index is 12.6. The third kappa shape index (κ3) is 4.45. The highest BCUT2D eigenvalue weighted by Gasteiger charge is 2.11. The Morgan fingerprint density at radius 2 is 1.67 bits per heavy atom. The number of hydrogen-bond acceptors (Lipinski definition) is 4. The van der Waals surface area contributed by atoms with Gasteiger partial charge in [0.25, 0.3) is 0 Å². The molecule has 0 saturated heterocycles. The number of hydrogen-bond donors (Lipinski definition) is 2. The van der Waals surface area contributed by atoms with Crippen LogP contribution in [-0.4, -0.2) is 20.9 Å². The number of nitrogens with zero attached hydrogens (tertiary/aromatic N) is 3. The third-order valence-corrected chi connectivity index (χ3v) is 5.60. The Hall–Kier alpha value is -4.45. The van der Waals surface area contributed by atoms with Gasteiger partial charge in [-0.1, -0.05) is 78.0 Å². The van der Waals surface area contributed by atoms with Gasteiger partial charge in [0.1, 0.15) is 0 Å². The highest BCUT2D eigenvalue weighted by Crippen LogP contribution is 2.27. The van der Waals surface area contributed by atoms with Crippen LogP contribution in [0.3, 0.4) is 0 Å². The number of anilines is 2. The molecule has 5 aromatic rings. The summed E-state index contributed by atoms with van der Waals surface area (Å²) in [7, 11) is 0. The van der Waals surface area contributed by atoms with Gasteiger partial charge in [-0.25, -0.2) is 4.68 Å². The number of carbonyl (C=O) groups is 1. The number of aryl methyl sites for hydroxylation is 1. The van der Waals surface area contributed by atoms with Gasteiger partial charge in [-0.2, -0.15) is 0 Å². The summed E-state index contributed by atoms with van der Waals surface area (Å²) >= 11 is 0. The molecule has 6 heteroatoms. The summed E-state index contributed by atoms with van der Waals surface area (Å²) in [6, 6.07) is 29.9. The second-order valence-corrected chi connectivity index (χ2v) is 7.87. The number of nitrogens with one attached hydrogen (secondary N) is 1. The van der Waals surface area contributed by atoms with E-state index >= 15 is 0 Å². The predicted octanol–water partition coefficient (Wildman–Crippen LogP) is 5.24. The number of aromatic nitrogens is 3. The van der Waals surface area contributed by atoms with E-state index in [1.54, 1.807) is 4.68 Å². The van der Waals surface area contributed by atoms with Crippen molar-refractivity contribution >= 4 is 28.1 Å². The van der Waals surface area contributed by atoms with Crippen LogP contribution in [0, 0.1) is 0 Å². The van der Waals surface area contributed by atoms with Crippen LogP contribution in [0.1, 0.15) is 12.1 Å². The van der Waals surface area contributed by atoms with Crippen LogP contribution in [-0.2, 0) is 11.2 Å². The molecule has 6 nitrogen and oxygen atoms in total. The van der Waals surface area contributed by atoms with Crippen LogP contribution in [0.2, 0.25) is 0 Å². The van der Waals surface area contributed by atoms with Crippen LogP contribution in [0.4, 0.5) is 11.4 Å². The average molecular weight is 434 g/mol. The zero-order valence-electron chi connectivity index (χ0n) is 18.0. The van der Waals surface area contributed by atoms with Gasteiger partial charge >= 0.3 is 0 Å². The smallest absolute Gasteiger partial charge is 0.224 e. The van der Waals surface area contributed by atoms with Crippen molar-refractivity contribution in [1.82, 2.24) is 15.0 Å². The molecular weight excluding hydrogens is 410 g/mol. The topological polar surface area (TPSA) is 85.8 Å². The molecule has 0 fully saturated rings. The lowest BCUT2D eigenvalue weighted by molar-refractivity contribution is -0.116. The molecule has 3 N–H and O–H groups in total. The first kappa shape index (κ1) is 20.5. The first-order chi connectivity index (χ1) is 16.2. The quantitative estimate of drug-likeness (QED) is 0.359. The number of fused-ring (bicyclic) bond motifs is 1.